The van der Waals surface area contributed by atoms with Crippen molar-refractivity contribution in [1.29, 1.82) is 0 Å². The van der Waals surface area contributed by atoms with Gasteiger partial charge in [0.15, 0.2) is 0 Å². The molecule has 2 rings (SSSR count). The predicted octanol–water partition coefficient (Wildman–Crippen LogP) is 5.11. The van der Waals surface area contributed by atoms with Crippen LogP contribution in [-0.4, -0.2) is 64.9 Å². The quantitative estimate of drug-likeness (QED) is 0.263. The number of piperazine rings is 1. The van der Waals surface area contributed by atoms with E-state index in [1.807, 2.05) is 39.8 Å². The van der Waals surface area contributed by atoms with Crippen molar-refractivity contribution >= 4 is 34.8 Å². The van der Waals surface area contributed by atoms with Crippen LogP contribution in [0.25, 0.3) is 0 Å². The lowest BCUT2D eigenvalue weighted by Gasteiger charge is -2.36. The van der Waals surface area contributed by atoms with Gasteiger partial charge in [0.05, 0.1) is 28.0 Å². The summed E-state index contributed by atoms with van der Waals surface area (Å²) in [6.07, 6.45) is 5.59. The highest BCUT2D eigenvalue weighted by Crippen LogP contribution is 2.32. The van der Waals surface area contributed by atoms with Crippen LogP contribution in [0.1, 0.15) is 26.5 Å². The number of nitrogens with one attached hydrogen (secondary N) is 2. The third-order valence-electron chi connectivity index (χ3n) is 5.21. The van der Waals surface area contributed by atoms with Gasteiger partial charge in [-0.3, -0.25) is 9.88 Å². The molecule has 3 N–H and O–H groups in total. The Bertz CT molecular complexity index is 1000. The van der Waals surface area contributed by atoms with Crippen molar-refractivity contribution in [2.75, 3.05) is 44.6 Å². The average Bonchev–Trinajstić information content (AvgIpc) is 2.79. The van der Waals surface area contributed by atoms with Gasteiger partial charge in [0.1, 0.15) is 5.82 Å². The molecule has 0 saturated carbocycles. The molecule has 9 heteroatoms. The molecule has 190 valence electrons. The van der Waals surface area contributed by atoms with Crippen molar-refractivity contribution < 1.29 is 5.11 Å². The maximum atomic E-state index is 9.19. The van der Waals surface area contributed by atoms with Crippen LogP contribution in [0.5, 0.6) is 0 Å². The minimum atomic E-state index is 0.181. The Labute approximate surface area is 219 Å². The zero-order chi connectivity index (χ0) is 26.0. The fourth-order valence-electron chi connectivity index (χ4n) is 3.49. The van der Waals surface area contributed by atoms with Crippen molar-refractivity contribution in [3.05, 3.63) is 82.0 Å². The second kappa shape index (κ2) is 14.1. The van der Waals surface area contributed by atoms with Crippen LogP contribution in [0, 0.1) is 6.92 Å². The van der Waals surface area contributed by atoms with Gasteiger partial charge in [-0.1, -0.05) is 49.2 Å². The smallest absolute Gasteiger partial charge is 0.130 e. The van der Waals surface area contributed by atoms with Gasteiger partial charge in [-0.2, -0.15) is 0 Å². The monoisotopic (exact) mass is 516 g/mol. The number of hydrogen-bond donors (Lipinski definition) is 3. The molecule has 0 bridgehead atoms. The number of hydrogen-bond acceptors (Lipinski definition) is 8. The number of aliphatic hydroxyl groups is 1. The molecule has 7 nitrogen and oxygen atoms in total. The zero-order valence-electron chi connectivity index (χ0n) is 21.2. The number of aryl methyl sites for hydroxylation is 1. The Morgan fingerprint density at radius 3 is 2.51 bits per heavy atom. The van der Waals surface area contributed by atoms with Gasteiger partial charge in [-0.05, 0) is 33.8 Å². The predicted molar refractivity (Wildman–Crippen MR) is 151 cm³/mol. The number of aliphatic imine (C=N–C) groups is 1. The number of aliphatic hydroxyl groups excluding tert-OH is 1. The van der Waals surface area contributed by atoms with Crippen LogP contribution in [-0.2, 0) is 0 Å². The molecule has 0 spiro atoms. The van der Waals surface area contributed by atoms with Crippen LogP contribution >= 0.6 is 23.4 Å². The number of thioether (sulfide) groups is 1. The summed E-state index contributed by atoms with van der Waals surface area (Å²) in [6, 6.07) is 1.74. The molecule has 1 aromatic heterocycles. The second-order valence-corrected chi connectivity index (χ2v) is 9.84. The van der Waals surface area contributed by atoms with Crippen LogP contribution in [0.4, 0.5) is 5.69 Å². The summed E-state index contributed by atoms with van der Waals surface area (Å²) in [7, 11) is 0. The highest BCUT2D eigenvalue weighted by atomic mass is 35.5. The third kappa shape index (κ3) is 9.22. The molecular weight excluding hydrogens is 480 g/mol. The summed E-state index contributed by atoms with van der Waals surface area (Å²) in [5.74, 6) is 0.864. The van der Waals surface area contributed by atoms with Gasteiger partial charge in [-0.25, -0.2) is 4.99 Å². The molecule has 1 aliphatic heterocycles. The van der Waals surface area contributed by atoms with Crippen molar-refractivity contribution in [3.8, 4) is 0 Å². The first kappa shape index (κ1) is 28.7. The highest BCUT2D eigenvalue weighted by Gasteiger charge is 2.18. The minimum Gasteiger partial charge on any atom is -0.395 e. The maximum Gasteiger partial charge on any atom is 0.130 e. The van der Waals surface area contributed by atoms with E-state index in [9.17, 15) is 5.11 Å². The van der Waals surface area contributed by atoms with Crippen molar-refractivity contribution in [2.45, 2.75) is 27.7 Å². The molecule has 35 heavy (non-hydrogen) atoms. The molecule has 1 saturated heterocycles. The number of anilines is 1. The summed E-state index contributed by atoms with van der Waals surface area (Å²) < 4.78 is 0. The van der Waals surface area contributed by atoms with Gasteiger partial charge in [0.25, 0.3) is 0 Å². The van der Waals surface area contributed by atoms with Crippen LogP contribution in [0.3, 0.4) is 0 Å². The lowest BCUT2D eigenvalue weighted by Crippen LogP contribution is -2.46. The van der Waals surface area contributed by atoms with E-state index in [1.54, 1.807) is 12.3 Å². The molecule has 0 unspecified atom stereocenters. The van der Waals surface area contributed by atoms with Crippen LogP contribution in [0.15, 0.2) is 76.3 Å². The lowest BCUT2D eigenvalue weighted by atomic mass is 10.3. The van der Waals surface area contributed by atoms with Crippen molar-refractivity contribution in [2.24, 2.45) is 4.99 Å². The van der Waals surface area contributed by atoms with Crippen LogP contribution < -0.4 is 10.6 Å². The van der Waals surface area contributed by atoms with E-state index in [-0.39, 0.29) is 6.61 Å². The summed E-state index contributed by atoms with van der Waals surface area (Å²) in [4.78, 5) is 14.4. The molecule has 1 fully saturated rings. The molecule has 1 aromatic rings. The van der Waals surface area contributed by atoms with E-state index < -0.39 is 0 Å². The summed E-state index contributed by atoms with van der Waals surface area (Å²) in [6.45, 7) is 24.6. The lowest BCUT2D eigenvalue weighted by molar-refractivity contribution is 0.131. The number of halogens is 1. The number of rotatable bonds is 12. The van der Waals surface area contributed by atoms with Crippen molar-refractivity contribution in [3.63, 3.8) is 0 Å². The van der Waals surface area contributed by atoms with E-state index in [1.165, 1.54) is 11.8 Å². The Kier molecular flexibility index (Phi) is 11.6. The fraction of sp³-hybridized carbons (Fsp3) is 0.385. The molecule has 1 aliphatic rings. The first-order chi connectivity index (χ1) is 16.6. The molecule has 0 aliphatic carbocycles. The molecule has 0 radical (unpaired) electrons. The Balaban J connectivity index is 2.02. The number of pyridine rings is 1. The second-order valence-electron chi connectivity index (χ2n) is 8.30. The standard InChI is InChI=1S/C26H37ClN6OS/c1-8-24(20(5)31-26-21(6)28-10-9-23(26)27)35-22(7)30-19(4)17-25(29-18(2)3)33-13-11-32(12-14-33)15-16-34/h8-10,17,30-31,34H,4-5,7,11-16H2,1-3,6H3/b24-8-,25-17+. The first-order valence-corrected chi connectivity index (χ1v) is 12.7. The summed E-state index contributed by atoms with van der Waals surface area (Å²) >= 11 is 7.78. The zero-order valence-corrected chi connectivity index (χ0v) is 22.8. The van der Waals surface area contributed by atoms with E-state index in [0.29, 0.717) is 28.0 Å². The molecule has 2 heterocycles. The number of allylic oxidation sites excluding steroid dienone is 2. The average molecular weight is 517 g/mol. The van der Waals surface area contributed by atoms with Gasteiger partial charge in [0.2, 0.25) is 0 Å². The Morgan fingerprint density at radius 1 is 1.26 bits per heavy atom. The van der Waals surface area contributed by atoms with Crippen molar-refractivity contribution in [1.82, 2.24) is 20.1 Å². The van der Waals surface area contributed by atoms with E-state index in [2.05, 4.69) is 45.2 Å². The number of nitrogens with zero attached hydrogens (tertiary/aromatic N) is 4. The maximum absolute atomic E-state index is 9.19. The fourth-order valence-corrected chi connectivity index (χ4v) is 4.47. The highest BCUT2D eigenvalue weighted by molar-refractivity contribution is 8.06. The topological polar surface area (TPSA) is 76.0 Å². The normalized spacial score (nSPS) is 15.0. The minimum absolute atomic E-state index is 0.181. The molecular formula is C26H37ClN6OS. The van der Waals surface area contributed by atoms with E-state index in [0.717, 1.165) is 54.0 Å². The van der Waals surface area contributed by atoms with Gasteiger partial charge in [-0.15, -0.1) is 0 Å². The third-order valence-corrected chi connectivity index (χ3v) is 6.58. The van der Waals surface area contributed by atoms with Gasteiger partial charge < -0.3 is 20.6 Å². The summed E-state index contributed by atoms with van der Waals surface area (Å²) in [5, 5.41) is 17.0. The number of β-amino-alcohol motifs (C(OH)–C–C–N with tert-alkyl or cyclic N) is 1. The van der Waals surface area contributed by atoms with E-state index >= 15 is 0 Å². The molecule has 0 atom stereocenters. The molecule has 0 aromatic carbocycles. The Morgan fingerprint density at radius 2 is 1.94 bits per heavy atom. The van der Waals surface area contributed by atoms with Gasteiger partial charge in [0, 0.05) is 67.0 Å². The van der Waals surface area contributed by atoms with Gasteiger partial charge >= 0.3 is 0 Å². The Hall–Kier alpha value is -2.52. The largest absolute Gasteiger partial charge is 0.395 e. The number of aromatic nitrogens is 1. The van der Waals surface area contributed by atoms with E-state index in [4.69, 9.17) is 16.6 Å². The van der Waals surface area contributed by atoms with Crippen LogP contribution in [0.2, 0.25) is 5.02 Å². The SMILES string of the molecule is C=C(/C=C(\N=C(C)C)N1CCN(CCO)CC1)NC(=C)S/C(=C\C)C(=C)Nc1c(Cl)ccnc1C. The first-order valence-electron chi connectivity index (χ1n) is 11.5. The summed E-state index contributed by atoms with van der Waals surface area (Å²) in [5.41, 5.74) is 3.90. The molecule has 0 amide bonds.